The highest BCUT2D eigenvalue weighted by Gasteiger charge is 2.49. The molecule has 0 spiro atoms. The number of ether oxygens (including phenoxy) is 3. The summed E-state index contributed by atoms with van der Waals surface area (Å²) in [6.07, 6.45) is -1.03. The Bertz CT molecular complexity index is 1000. The van der Waals surface area contributed by atoms with Gasteiger partial charge in [-0.15, -0.1) is 0 Å². The maximum Gasteiger partial charge on any atom is 0.325 e. The summed E-state index contributed by atoms with van der Waals surface area (Å²) < 4.78 is 16.9. The first-order valence-electron chi connectivity index (χ1n) is 10.2. The fourth-order valence-electron chi connectivity index (χ4n) is 3.88. The first-order valence-corrected chi connectivity index (χ1v) is 10.2. The van der Waals surface area contributed by atoms with E-state index in [2.05, 4.69) is 5.32 Å². The number of urea groups is 1. The standard InChI is InChI=1S/C23H26N2O6/c1-14-5-4-6-15(2)20(14)31-13-17(26)12-25-21(27)23(3,24-22(25)28)16-7-8-18-19(11-16)30-10-9-29-18/h4-8,11,17,26H,9-10,12-13H2,1-3H3,(H,24,28)/t17-,23+/m0/s1. The number of nitrogens with one attached hydrogen (secondary N) is 1. The number of amides is 3. The van der Waals surface area contributed by atoms with Crippen LogP contribution in [0, 0.1) is 13.8 Å². The normalized spacial score (nSPS) is 21.1. The molecule has 31 heavy (non-hydrogen) atoms. The summed E-state index contributed by atoms with van der Waals surface area (Å²) in [4.78, 5) is 26.7. The molecule has 0 radical (unpaired) electrons. The zero-order valence-electron chi connectivity index (χ0n) is 17.8. The van der Waals surface area contributed by atoms with Gasteiger partial charge in [-0.3, -0.25) is 9.69 Å². The van der Waals surface area contributed by atoms with Gasteiger partial charge in [-0.25, -0.2) is 4.79 Å². The molecule has 8 nitrogen and oxygen atoms in total. The van der Waals surface area contributed by atoms with Gasteiger partial charge in [-0.2, -0.15) is 0 Å². The number of imide groups is 1. The number of hydrogen-bond acceptors (Lipinski definition) is 6. The highest BCUT2D eigenvalue weighted by atomic mass is 16.6. The molecule has 0 aromatic heterocycles. The lowest BCUT2D eigenvalue weighted by molar-refractivity contribution is -0.132. The van der Waals surface area contributed by atoms with Crippen LogP contribution in [0.1, 0.15) is 23.6 Å². The van der Waals surface area contributed by atoms with Crippen LogP contribution in [0.2, 0.25) is 0 Å². The van der Waals surface area contributed by atoms with Crippen molar-refractivity contribution in [1.29, 1.82) is 0 Å². The van der Waals surface area contributed by atoms with Gasteiger partial charge in [-0.1, -0.05) is 24.3 Å². The average molecular weight is 426 g/mol. The highest BCUT2D eigenvalue weighted by molar-refractivity contribution is 6.07. The van der Waals surface area contributed by atoms with Crippen LogP contribution in [0.5, 0.6) is 17.2 Å². The third kappa shape index (κ3) is 3.90. The number of carbonyl (C=O) groups excluding carboxylic acids is 2. The largest absolute Gasteiger partial charge is 0.490 e. The predicted octanol–water partition coefficient (Wildman–Crippen LogP) is 2.28. The van der Waals surface area contributed by atoms with E-state index >= 15 is 0 Å². The Morgan fingerprint density at radius 3 is 2.52 bits per heavy atom. The minimum absolute atomic E-state index is 0.0382. The van der Waals surface area contributed by atoms with Gasteiger partial charge in [0, 0.05) is 0 Å². The smallest absolute Gasteiger partial charge is 0.325 e. The van der Waals surface area contributed by atoms with Crippen molar-refractivity contribution in [2.75, 3.05) is 26.4 Å². The van der Waals surface area contributed by atoms with Crippen LogP contribution >= 0.6 is 0 Å². The van der Waals surface area contributed by atoms with Gasteiger partial charge in [0.15, 0.2) is 11.5 Å². The second-order valence-electron chi connectivity index (χ2n) is 8.02. The number of aliphatic hydroxyl groups is 1. The predicted molar refractivity (Wildman–Crippen MR) is 112 cm³/mol. The number of β-amino-alcohol motifs (C(OH)–C–C–N with tert-alkyl or cyclic N) is 1. The Labute approximate surface area is 180 Å². The van der Waals surface area contributed by atoms with Crippen LogP contribution < -0.4 is 19.5 Å². The summed E-state index contributed by atoms with van der Waals surface area (Å²) in [5.41, 5.74) is 1.22. The van der Waals surface area contributed by atoms with E-state index in [1.807, 2.05) is 32.0 Å². The van der Waals surface area contributed by atoms with Crippen molar-refractivity contribution in [3.8, 4) is 17.2 Å². The molecule has 0 bridgehead atoms. The summed E-state index contributed by atoms with van der Waals surface area (Å²) in [5, 5.41) is 13.2. The molecule has 4 rings (SSSR count). The van der Waals surface area contributed by atoms with Gasteiger partial charge in [-0.05, 0) is 49.6 Å². The monoisotopic (exact) mass is 426 g/mol. The zero-order valence-corrected chi connectivity index (χ0v) is 17.8. The summed E-state index contributed by atoms with van der Waals surface area (Å²) in [5.74, 6) is 1.39. The maximum absolute atomic E-state index is 13.1. The molecule has 1 fully saturated rings. The van der Waals surface area contributed by atoms with Gasteiger partial charge >= 0.3 is 6.03 Å². The molecule has 8 heteroatoms. The van der Waals surface area contributed by atoms with Crippen molar-refractivity contribution < 1.29 is 28.9 Å². The number of carbonyl (C=O) groups is 2. The topological polar surface area (TPSA) is 97.3 Å². The van der Waals surface area contributed by atoms with Gasteiger partial charge < -0.3 is 24.6 Å². The van der Waals surface area contributed by atoms with Crippen LogP contribution in [0.3, 0.4) is 0 Å². The lowest BCUT2D eigenvalue weighted by Crippen LogP contribution is -2.42. The molecule has 2 heterocycles. The van der Waals surface area contributed by atoms with Crippen molar-refractivity contribution in [2.45, 2.75) is 32.4 Å². The van der Waals surface area contributed by atoms with Gasteiger partial charge in [0.1, 0.15) is 37.2 Å². The summed E-state index contributed by atoms with van der Waals surface area (Å²) in [6, 6.07) is 10.4. The lowest BCUT2D eigenvalue weighted by atomic mass is 9.91. The van der Waals surface area contributed by atoms with Crippen LogP contribution in [0.4, 0.5) is 4.79 Å². The summed E-state index contributed by atoms with van der Waals surface area (Å²) in [7, 11) is 0. The maximum atomic E-state index is 13.1. The second kappa shape index (κ2) is 8.11. The molecule has 2 aromatic carbocycles. The Morgan fingerprint density at radius 2 is 1.81 bits per heavy atom. The Hall–Kier alpha value is -3.26. The van der Waals surface area contributed by atoms with Crippen molar-refractivity contribution >= 4 is 11.9 Å². The molecule has 2 atom stereocenters. The highest BCUT2D eigenvalue weighted by Crippen LogP contribution is 2.37. The molecule has 0 unspecified atom stereocenters. The number of para-hydroxylation sites is 1. The number of fused-ring (bicyclic) bond motifs is 1. The Balaban J connectivity index is 1.45. The molecule has 2 aliphatic rings. The molecule has 2 aromatic rings. The number of hydrogen-bond donors (Lipinski definition) is 2. The summed E-state index contributed by atoms with van der Waals surface area (Å²) >= 11 is 0. The van der Waals surface area contributed by atoms with Crippen molar-refractivity contribution in [3.63, 3.8) is 0 Å². The van der Waals surface area contributed by atoms with E-state index in [1.165, 1.54) is 0 Å². The van der Waals surface area contributed by atoms with Gasteiger partial charge in [0.05, 0.1) is 6.54 Å². The minimum atomic E-state index is -1.26. The van der Waals surface area contributed by atoms with E-state index in [0.29, 0.717) is 36.0 Å². The number of nitrogens with zero attached hydrogens (tertiary/aromatic N) is 1. The second-order valence-corrected chi connectivity index (χ2v) is 8.02. The number of benzene rings is 2. The van der Waals surface area contributed by atoms with Crippen LogP contribution in [-0.4, -0.2) is 54.4 Å². The number of rotatable bonds is 6. The van der Waals surface area contributed by atoms with Crippen LogP contribution in [0.25, 0.3) is 0 Å². The number of aryl methyl sites for hydroxylation is 2. The fourth-order valence-corrected chi connectivity index (χ4v) is 3.88. The van der Waals surface area contributed by atoms with E-state index in [1.54, 1.807) is 25.1 Å². The molecule has 0 aliphatic carbocycles. The number of aliphatic hydroxyl groups excluding tert-OH is 1. The fraction of sp³-hybridized carbons (Fsp3) is 0.391. The first kappa shape index (κ1) is 21.0. The van der Waals surface area contributed by atoms with E-state index < -0.39 is 23.6 Å². The zero-order chi connectivity index (χ0) is 22.2. The molecule has 2 N–H and O–H groups in total. The van der Waals surface area contributed by atoms with Crippen LogP contribution in [0.15, 0.2) is 36.4 Å². The molecule has 2 aliphatic heterocycles. The molecule has 1 saturated heterocycles. The summed E-state index contributed by atoms with van der Waals surface area (Å²) in [6.45, 7) is 6.16. The molecular formula is C23H26N2O6. The molecule has 0 saturated carbocycles. The molecule has 164 valence electrons. The van der Waals surface area contributed by atoms with Crippen molar-refractivity contribution in [2.24, 2.45) is 0 Å². The van der Waals surface area contributed by atoms with Gasteiger partial charge in [0.25, 0.3) is 5.91 Å². The molecule has 3 amide bonds. The Morgan fingerprint density at radius 1 is 1.13 bits per heavy atom. The van der Waals surface area contributed by atoms with E-state index in [9.17, 15) is 14.7 Å². The minimum Gasteiger partial charge on any atom is -0.490 e. The lowest BCUT2D eigenvalue weighted by Gasteiger charge is -2.25. The third-order valence-electron chi connectivity index (χ3n) is 5.62. The van der Waals surface area contributed by atoms with Crippen molar-refractivity contribution in [3.05, 3.63) is 53.1 Å². The van der Waals surface area contributed by atoms with Crippen molar-refractivity contribution in [1.82, 2.24) is 10.2 Å². The quantitative estimate of drug-likeness (QED) is 0.688. The van der Waals surface area contributed by atoms with Gasteiger partial charge in [0.2, 0.25) is 0 Å². The Kier molecular flexibility index (Phi) is 5.49. The van der Waals surface area contributed by atoms with E-state index in [4.69, 9.17) is 14.2 Å². The van der Waals surface area contributed by atoms with E-state index in [-0.39, 0.29) is 13.2 Å². The van der Waals surface area contributed by atoms with Crippen LogP contribution in [-0.2, 0) is 10.3 Å². The molecular weight excluding hydrogens is 400 g/mol. The average Bonchev–Trinajstić information content (AvgIpc) is 2.97. The van der Waals surface area contributed by atoms with E-state index in [0.717, 1.165) is 16.0 Å². The SMILES string of the molecule is Cc1cccc(C)c1OC[C@@H](O)CN1C(=O)N[C@](C)(c2ccc3c(c2)OCCO3)C1=O. The first-order chi connectivity index (χ1) is 14.8. The third-order valence-corrected chi connectivity index (χ3v) is 5.62.